The Morgan fingerprint density at radius 3 is 2.92 bits per heavy atom. The minimum absolute atomic E-state index is 0.234. The van der Waals surface area contributed by atoms with E-state index in [0.29, 0.717) is 17.2 Å². The van der Waals surface area contributed by atoms with Crippen LogP contribution in [0.3, 0.4) is 0 Å². The normalized spacial score (nSPS) is 15.4. The van der Waals surface area contributed by atoms with Crippen LogP contribution in [-0.4, -0.2) is 11.1 Å². The molecule has 0 radical (unpaired) electrons. The number of carbonyl (C=O) groups is 1. The van der Waals surface area contributed by atoms with Gasteiger partial charge in [-0.15, -0.1) is 0 Å². The number of rotatable bonds is 0. The van der Waals surface area contributed by atoms with E-state index in [1.165, 1.54) is 0 Å². The molecule has 0 atom stereocenters. The van der Waals surface area contributed by atoms with Gasteiger partial charge in [-0.3, -0.25) is 4.79 Å². The monoisotopic (exact) mass is 179 g/mol. The number of benzene rings is 1. The van der Waals surface area contributed by atoms with E-state index in [0.717, 1.165) is 5.56 Å². The van der Waals surface area contributed by atoms with E-state index < -0.39 is 0 Å². The molecule has 0 spiro atoms. The second-order valence-corrected chi connectivity index (χ2v) is 3.06. The van der Waals surface area contributed by atoms with Gasteiger partial charge in [-0.2, -0.15) is 0 Å². The van der Waals surface area contributed by atoms with Gasteiger partial charge in [0, 0.05) is 12.0 Å². The Kier molecular flexibility index (Phi) is 1.70. The molecule has 0 aromatic heterocycles. The molecule has 1 heterocycles. The van der Waals surface area contributed by atoms with E-state index in [2.05, 4.69) is 4.99 Å². The molecule has 1 aromatic rings. The fraction of sp³-hybridized carbons (Fsp3) is 0.111. The summed E-state index contributed by atoms with van der Waals surface area (Å²) in [7, 11) is 0. The smallest absolute Gasteiger partial charge is 0.267 e. The molecule has 1 aliphatic rings. The Morgan fingerprint density at radius 1 is 1.33 bits per heavy atom. The van der Waals surface area contributed by atoms with Gasteiger partial charge in [0.05, 0.1) is 0 Å². The average molecular weight is 180 g/mol. The number of aliphatic imine (C=N–C) groups is 1. The van der Waals surface area contributed by atoms with Crippen LogP contribution in [0.25, 0.3) is 0 Å². The van der Waals surface area contributed by atoms with E-state index >= 15 is 0 Å². The number of hydrogen-bond acceptors (Lipinski definition) is 1. The van der Waals surface area contributed by atoms with Crippen LogP contribution in [0, 0.1) is 0 Å². The lowest BCUT2D eigenvalue weighted by Crippen LogP contribution is -2.11. The second kappa shape index (κ2) is 2.72. The van der Waals surface area contributed by atoms with Crippen LogP contribution >= 0.6 is 11.6 Å². The van der Waals surface area contributed by atoms with Crippen molar-refractivity contribution in [1.82, 2.24) is 0 Å². The van der Waals surface area contributed by atoms with Gasteiger partial charge in [0.2, 0.25) is 0 Å². The van der Waals surface area contributed by atoms with Gasteiger partial charge in [-0.05, 0) is 11.6 Å². The van der Waals surface area contributed by atoms with Crippen molar-refractivity contribution in [3.63, 3.8) is 0 Å². The zero-order valence-corrected chi connectivity index (χ0v) is 7.01. The molecule has 0 N–H and O–H groups in total. The van der Waals surface area contributed by atoms with Crippen molar-refractivity contribution in [2.75, 3.05) is 0 Å². The zero-order valence-electron chi connectivity index (χ0n) is 6.25. The summed E-state index contributed by atoms with van der Waals surface area (Å²) in [5, 5.41) is 0.374. The van der Waals surface area contributed by atoms with E-state index in [9.17, 15) is 4.79 Å². The van der Waals surface area contributed by atoms with Crippen LogP contribution in [-0.2, 0) is 6.42 Å². The molecule has 0 fully saturated rings. The number of halogens is 1. The summed E-state index contributed by atoms with van der Waals surface area (Å²) in [5.41, 5.74) is 1.63. The first kappa shape index (κ1) is 7.50. The molecule has 1 amide bonds. The molecule has 3 heteroatoms. The van der Waals surface area contributed by atoms with Crippen LogP contribution in [0.15, 0.2) is 29.3 Å². The average Bonchev–Trinajstić information content (AvgIpc) is 2.04. The van der Waals surface area contributed by atoms with Crippen LogP contribution < -0.4 is 0 Å². The molecule has 2 nitrogen and oxygen atoms in total. The Bertz CT molecular complexity index is 371. The Hall–Kier alpha value is -1.15. The molecule has 1 aliphatic heterocycles. The summed E-state index contributed by atoms with van der Waals surface area (Å²) in [6.45, 7) is 0. The molecule has 0 saturated carbocycles. The third kappa shape index (κ3) is 1.14. The lowest BCUT2D eigenvalue weighted by Gasteiger charge is -2.09. The highest BCUT2D eigenvalue weighted by Crippen LogP contribution is 2.17. The minimum atomic E-state index is -0.234. The summed E-state index contributed by atoms with van der Waals surface area (Å²) in [4.78, 5) is 14.9. The molecular weight excluding hydrogens is 174 g/mol. The number of amides is 1. The van der Waals surface area contributed by atoms with Gasteiger partial charge in [0.1, 0.15) is 5.17 Å². The van der Waals surface area contributed by atoms with Crippen LogP contribution in [0.5, 0.6) is 0 Å². The largest absolute Gasteiger partial charge is 0.278 e. The van der Waals surface area contributed by atoms with Crippen molar-refractivity contribution >= 4 is 22.7 Å². The highest BCUT2D eigenvalue weighted by Gasteiger charge is 2.16. The number of hydrogen-bond donors (Lipinski definition) is 0. The number of carbonyl (C=O) groups excluding carboxylic acids is 1. The SMILES string of the molecule is O=C1N=C(Cl)Cc2ccccc21. The maximum Gasteiger partial charge on any atom is 0.278 e. The van der Waals surface area contributed by atoms with Gasteiger partial charge in [-0.1, -0.05) is 29.8 Å². The molecule has 0 unspecified atom stereocenters. The summed E-state index contributed by atoms with van der Waals surface area (Å²) >= 11 is 5.67. The lowest BCUT2D eigenvalue weighted by molar-refractivity contribution is 0.100. The first-order valence-corrected chi connectivity index (χ1v) is 4.00. The maximum absolute atomic E-state index is 11.2. The molecular formula is C9H6ClNO. The topological polar surface area (TPSA) is 29.4 Å². The Labute approximate surface area is 74.9 Å². The van der Waals surface area contributed by atoms with Crippen molar-refractivity contribution in [1.29, 1.82) is 0 Å². The van der Waals surface area contributed by atoms with Crippen molar-refractivity contribution in [3.8, 4) is 0 Å². The maximum atomic E-state index is 11.2. The summed E-state index contributed by atoms with van der Waals surface area (Å²) in [6, 6.07) is 7.38. The van der Waals surface area contributed by atoms with Crippen molar-refractivity contribution < 1.29 is 4.79 Å². The molecule has 0 aliphatic carbocycles. The minimum Gasteiger partial charge on any atom is -0.267 e. The fourth-order valence-corrected chi connectivity index (χ4v) is 1.47. The fourth-order valence-electron chi connectivity index (χ4n) is 1.25. The number of nitrogens with zero attached hydrogens (tertiary/aromatic N) is 1. The van der Waals surface area contributed by atoms with Crippen molar-refractivity contribution in [3.05, 3.63) is 35.4 Å². The van der Waals surface area contributed by atoms with Gasteiger partial charge in [0.15, 0.2) is 0 Å². The van der Waals surface area contributed by atoms with Crippen LogP contribution in [0.1, 0.15) is 15.9 Å². The van der Waals surface area contributed by atoms with Gasteiger partial charge in [-0.25, -0.2) is 4.99 Å². The van der Waals surface area contributed by atoms with Crippen molar-refractivity contribution in [2.45, 2.75) is 6.42 Å². The summed E-state index contributed by atoms with van der Waals surface area (Å²) < 4.78 is 0. The van der Waals surface area contributed by atoms with E-state index in [4.69, 9.17) is 11.6 Å². The first-order chi connectivity index (χ1) is 5.77. The van der Waals surface area contributed by atoms with E-state index in [-0.39, 0.29) is 5.91 Å². The number of fused-ring (bicyclic) bond motifs is 1. The Morgan fingerprint density at radius 2 is 2.08 bits per heavy atom. The lowest BCUT2D eigenvalue weighted by atomic mass is 10.0. The molecule has 12 heavy (non-hydrogen) atoms. The van der Waals surface area contributed by atoms with Crippen LogP contribution in [0.2, 0.25) is 0 Å². The molecule has 2 rings (SSSR count). The standard InChI is InChI=1S/C9H6ClNO/c10-8-5-6-3-1-2-4-7(6)9(12)11-8/h1-4H,5H2. The molecule has 1 aromatic carbocycles. The zero-order chi connectivity index (χ0) is 8.55. The van der Waals surface area contributed by atoms with Crippen LogP contribution in [0.4, 0.5) is 0 Å². The first-order valence-electron chi connectivity index (χ1n) is 3.62. The predicted molar refractivity (Wildman–Crippen MR) is 47.8 cm³/mol. The Balaban J connectivity index is 2.56. The molecule has 0 saturated heterocycles. The predicted octanol–water partition coefficient (Wildman–Crippen LogP) is 2.02. The summed E-state index contributed by atoms with van der Waals surface area (Å²) in [5.74, 6) is -0.234. The highest BCUT2D eigenvalue weighted by molar-refractivity contribution is 6.66. The molecule has 0 bridgehead atoms. The van der Waals surface area contributed by atoms with Gasteiger partial charge in [0.25, 0.3) is 5.91 Å². The van der Waals surface area contributed by atoms with E-state index in [1.807, 2.05) is 18.2 Å². The molecule has 60 valence electrons. The van der Waals surface area contributed by atoms with E-state index in [1.54, 1.807) is 6.07 Å². The highest BCUT2D eigenvalue weighted by atomic mass is 35.5. The summed E-state index contributed by atoms with van der Waals surface area (Å²) in [6.07, 6.45) is 0.573. The third-order valence-corrected chi connectivity index (χ3v) is 2.03. The van der Waals surface area contributed by atoms with Gasteiger partial charge < -0.3 is 0 Å². The third-order valence-electron chi connectivity index (χ3n) is 1.81. The van der Waals surface area contributed by atoms with Crippen molar-refractivity contribution in [2.24, 2.45) is 4.99 Å². The second-order valence-electron chi connectivity index (χ2n) is 2.63. The quantitative estimate of drug-likeness (QED) is 0.599. The van der Waals surface area contributed by atoms with Gasteiger partial charge >= 0.3 is 0 Å².